The van der Waals surface area contributed by atoms with Crippen molar-refractivity contribution in [3.63, 3.8) is 0 Å². The van der Waals surface area contributed by atoms with Gasteiger partial charge in [0.1, 0.15) is 17.5 Å². The summed E-state index contributed by atoms with van der Waals surface area (Å²) >= 11 is 6.06. The number of benzene rings is 2. The molecule has 0 N–H and O–H groups in total. The number of hydrogen-bond acceptors (Lipinski definition) is 0. The van der Waals surface area contributed by atoms with Crippen molar-refractivity contribution in [2.45, 2.75) is 12.3 Å². The highest BCUT2D eigenvalue weighted by Gasteiger charge is 2.21. The van der Waals surface area contributed by atoms with Crippen LogP contribution in [0.1, 0.15) is 22.1 Å². The van der Waals surface area contributed by atoms with Crippen molar-refractivity contribution >= 4 is 11.6 Å². The Balaban J connectivity index is 2.49. The van der Waals surface area contributed by atoms with Crippen molar-refractivity contribution in [1.29, 1.82) is 0 Å². The molecular formula is C14H10ClF3. The van der Waals surface area contributed by atoms with Gasteiger partial charge in [-0.05, 0) is 36.2 Å². The molecule has 2 aromatic rings. The van der Waals surface area contributed by atoms with Gasteiger partial charge in [0.15, 0.2) is 0 Å². The van der Waals surface area contributed by atoms with Crippen LogP contribution in [0.3, 0.4) is 0 Å². The topological polar surface area (TPSA) is 0 Å². The van der Waals surface area contributed by atoms with E-state index < -0.39 is 22.8 Å². The molecule has 0 radical (unpaired) electrons. The molecule has 4 heteroatoms. The largest absolute Gasteiger partial charge is 0.207 e. The predicted octanol–water partition coefficient (Wildman–Crippen LogP) is 4.74. The van der Waals surface area contributed by atoms with Gasteiger partial charge >= 0.3 is 0 Å². The molecule has 94 valence electrons. The van der Waals surface area contributed by atoms with Crippen LogP contribution in [0.5, 0.6) is 0 Å². The van der Waals surface area contributed by atoms with Crippen LogP contribution in [0.2, 0.25) is 0 Å². The van der Waals surface area contributed by atoms with Crippen LogP contribution in [0.15, 0.2) is 36.4 Å². The second-order valence-corrected chi connectivity index (χ2v) is 4.44. The Morgan fingerprint density at radius 3 is 2.17 bits per heavy atom. The Morgan fingerprint density at radius 1 is 0.944 bits per heavy atom. The molecule has 0 bridgehead atoms. The van der Waals surface area contributed by atoms with E-state index in [1.807, 2.05) is 0 Å². The maximum Gasteiger partial charge on any atom is 0.134 e. The van der Waals surface area contributed by atoms with Gasteiger partial charge in [-0.3, -0.25) is 0 Å². The summed E-state index contributed by atoms with van der Waals surface area (Å²) < 4.78 is 40.3. The normalized spacial score (nSPS) is 12.5. The third-order valence-electron chi connectivity index (χ3n) is 2.74. The second-order valence-electron chi connectivity index (χ2n) is 4.01. The maximum atomic E-state index is 13.9. The highest BCUT2D eigenvalue weighted by molar-refractivity contribution is 6.22. The highest BCUT2D eigenvalue weighted by atomic mass is 35.5. The summed E-state index contributed by atoms with van der Waals surface area (Å²) in [7, 11) is 0. The van der Waals surface area contributed by atoms with Crippen LogP contribution < -0.4 is 0 Å². The Hall–Kier alpha value is -1.48. The van der Waals surface area contributed by atoms with Crippen molar-refractivity contribution in [1.82, 2.24) is 0 Å². The number of alkyl halides is 1. The van der Waals surface area contributed by atoms with E-state index in [0.29, 0.717) is 11.1 Å². The monoisotopic (exact) mass is 270 g/mol. The fourth-order valence-electron chi connectivity index (χ4n) is 1.71. The molecule has 0 saturated carbocycles. The molecular weight excluding hydrogens is 261 g/mol. The molecule has 2 rings (SSSR count). The number of aryl methyl sites for hydroxylation is 1. The molecule has 0 aliphatic carbocycles. The molecule has 0 saturated heterocycles. The van der Waals surface area contributed by atoms with Gasteiger partial charge < -0.3 is 0 Å². The van der Waals surface area contributed by atoms with E-state index in [2.05, 4.69) is 0 Å². The van der Waals surface area contributed by atoms with Crippen LogP contribution in [0, 0.1) is 24.4 Å². The molecule has 18 heavy (non-hydrogen) atoms. The molecule has 0 amide bonds. The van der Waals surface area contributed by atoms with E-state index >= 15 is 0 Å². The van der Waals surface area contributed by atoms with Gasteiger partial charge in [-0.15, -0.1) is 11.6 Å². The standard InChI is InChI=1S/C14H10ClF3/c1-8-2-7-11(17)12(14(8)18)13(15)9-3-5-10(16)6-4-9/h2-7,13H,1H3. The van der Waals surface area contributed by atoms with Crippen molar-refractivity contribution in [3.05, 3.63) is 70.5 Å². The average Bonchev–Trinajstić information content (AvgIpc) is 2.35. The average molecular weight is 271 g/mol. The van der Waals surface area contributed by atoms with Crippen LogP contribution in [0.25, 0.3) is 0 Å². The minimum Gasteiger partial charge on any atom is -0.207 e. The SMILES string of the molecule is Cc1ccc(F)c(C(Cl)c2ccc(F)cc2)c1F. The molecule has 0 aliphatic rings. The van der Waals surface area contributed by atoms with Crippen LogP contribution in [-0.2, 0) is 0 Å². The number of halogens is 4. The highest BCUT2D eigenvalue weighted by Crippen LogP contribution is 2.33. The van der Waals surface area contributed by atoms with E-state index in [4.69, 9.17) is 11.6 Å². The van der Waals surface area contributed by atoms with Gasteiger partial charge in [-0.2, -0.15) is 0 Å². The minimum absolute atomic E-state index is 0.205. The first-order valence-electron chi connectivity index (χ1n) is 5.34. The summed E-state index contributed by atoms with van der Waals surface area (Å²) in [5.74, 6) is -1.80. The fraction of sp³-hybridized carbons (Fsp3) is 0.143. The first-order valence-corrected chi connectivity index (χ1v) is 5.78. The molecule has 1 unspecified atom stereocenters. The molecule has 0 nitrogen and oxygen atoms in total. The van der Waals surface area contributed by atoms with Gasteiger partial charge in [0, 0.05) is 5.56 Å². The Morgan fingerprint density at radius 2 is 1.56 bits per heavy atom. The first kappa shape index (κ1) is 13.0. The van der Waals surface area contributed by atoms with Gasteiger partial charge in [-0.1, -0.05) is 18.2 Å². The van der Waals surface area contributed by atoms with Gasteiger partial charge in [0.25, 0.3) is 0 Å². The van der Waals surface area contributed by atoms with Gasteiger partial charge in [0.2, 0.25) is 0 Å². The first-order chi connectivity index (χ1) is 8.50. The molecule has 0 heterocycles. The predicted molar refractivity (Wildman–Crippen MR) is 65.2 cm³/mol. The molecule has 0 aliphatic heterocycles. The van der Waals surface area contributed by atoms with E-state index in [-0.39, 0.29) is 5.56 Å². The molecule has 0 spiro atoms. The Bertz CT molecular complexity index is 564. The van der Waals surface area contributed by atoms with E-state index in [9.17, 15) is 13.2 Å². The molecule has 1 atom stereocenters. The lowest BCUT2D eigenvalue weighted by Crippen LogP contribution is -2.03. The summed E-state index contributed by atoms with van der Waals surface area (Å²) in [5.41, 5.74) is 0.559. The quantitative estimate of drug-likeness (QED) is 0.692. The lowest BCUT2D eigenvalue weighted by Gasteiger charge is -2.13. The number of hydrogen-bond donors (Lipinski definition) is 0. The van der Waals surface area contributed by atoms with Gasteiger partial charge in [0.05, 0.1) is 5.38 Å². The number of rotatable bonds is 2. The van der Waals surface area contributed by atoms with Gasteiger partial charge in [-0.25, -0.2) is 13.2 Å². The van der Waals surface area contributed by atoms with Crippen molar-refractivity contribution in [3.8, 4) is 0 Å². The Kier molecular flexibility index (Phi) is 3.62. The minimum atomic E-state index is -0.981. The third kappa shape index (κ3) is 2.36. The van der Waals surface area contributed by atoms with Crippen molar-refractivity contribution in [2.75, 3.05) is 0 Å². The zero-order chi connectivity index (χ0) is 13.3. The zero-order valence-corrected chi connectivity index (χ0v) is 10.3. The summed E-state index contributed by atoms with van der Waals surface area (Å²) in [6, 6.07) is 7.75. The third-order valence-corrected chi connectivity index (χ3v) is 3.21. The zero-order valence-electron chi connectivity index (χ0n) is 9.55. The summed E-state index contributed by atoms with van der Waals surface area (Å²) in [6.45, 7) is 1.53. The maximum absolute atomic E-state index is 13.9. The second kappa shape index (κ2) is 5.02. The lowest BCUT2D eigenvalue weighted by atomic mass is 10.0. The van der Waals surface area contributed by atoms with E-state index in [0.717, 1.165) is 0 Å². The van der Waals surface area contributed by atoms with Crippen LogP contribution in [-0.4, -0.2) is 0 Å². The molecule has 0 fully saturated rings. The van der Waals surface area contributed by atoms with Crippen molar-refractivity contribution in [2.24, 2.45) is 0 Å². The summed E-state index contributed by atoms with van der Waals surface area (Å²) in [6.07, 6.45) is 0. The Labute approximate surface area is 108 Å². The molecule has 2 aromatic carbocycles. The van der Waals surface area contributed by atoms with E-state index in [1.165, 1.54) is 43.3 Å². The van der Waals surface area contributed by atoms with Crippen LogP contribution >= 0.6 is 11.6 Å². The lowest BCUT2D eigenvalue weighted by molar-refractivity contribution is 0.553. The molecule has 0 aromatic heterocycles. The summed E-state index contributed by atoms with van der Waals surface area (Å²) in [5, 5.41) is -0.981. The van der Waals surface area contributed by atoms with Crippen molar-refractivity contribution < 1.29 is 13.2 Å². The fourth-order valence-corrected chi connectivity index (χ4v) is 2.05. The van der Waals surface area contributed by atoms with E-state index in [1.54, 1.807) is 0 Å². The smallest absolute Gasteiger partial charge is 0.134 e. The summed E-state index contributed by atoms with van der Waals surface area (Å²) in [4.78, 5) is 0. The van der Waals surface area contributed by atoms with Crippen LogP contribution in [0.4, 0.5) is 13.2 Å².